The Kier molecular flexibility index (Phi) is 4.61. The zero-order valence-electron chi connectivity index (χ0n) is 9.31. The van der Waals surface area contributed by atoms with Gasteiger partial charge in [-0.05, 0) is 12.1 Å². The highest BCUT2D eigenvalue weighted by molar-refractivity contribution is 6.33. The Labute approximate surface area is 107 Å². The molecule has 0 atom stereocenters. The number of esters is 1. The summed E-state index contributed by atoms with van der Waals surface area (Å²) in [4.78, 5) is 32.5. The van der Waals surface area contributed by atoms with E-state index in [1.165, 1.54) is 18.2 Å². The van der Waals surface area contributed by atoms with E-state index in [1.807, 2.05) is 0 Å². The van der Waals surface area contributed by atoms with Crippen molar-refractivity contribution >= 4 is 29.2 Å². The van der Waals surface area contributed by atoms with Crippen molar-refractivity contribution in [3.63, 3.8) is 0 Å². The summed E-state index contributed by atoms with van der Waals surface area (Å²) in [6.07, 6.45) is 0. The van der Waals surface area contributed by atoms with Crippen molar-refractivity contribution in [3.05, 3.63) is 38.9 Å². The average molecular weight is 273 g/mol. The molecule has 0 radical (unpaired) electrons. The van der Waals surface area contributed by atoms with Crippen LogP contribution in [0.5, 0.6) is 0 Å². The number of carbonyl (C=O) groups is 2. The predicted molar refractivity (Wildman–Crippen MR) is 62.5 cm³/mol. The van der Waals surface area contributed by atoms with E-state index in [-0.39, 0.29) is 17.1 Å². The second-order valence-electron chi connectivity index (χ2n) is 3.15. The van der Waals surface area contributed by atoms with Crippen LogP contribution in [0.2, 0.25) is 5.02 Å². The first-order valence-electron chi connectivity index (χ1n) is 4.75. The molecular weight excluding hydrogens is 264 g/mol. The van der Waals surface area contributed by atoms with Gasteiger partial charge in [-0.15, -0.1) is 0 Å². The number of rotatable bonds is 4. The van der Waals surface area contributed by atoms with E-state index in [4.69, 9.17) is 11.6 Å². The van der Waals surface area contributed by atoms with E-state index in [1.54, 1.807) is 0 Å². The number of para-hydroxylation sites is 1. The number of halogens is 1. The number of benzene rings is 1. The van der Waals surface area contributed by atoms with Gasteiger partial charge >= 0.3 is 11.7 Å². The van der Waals surface area contributed by atoms with Crippen LogP contribution in [0.15, 0.2) is 18.2 Å². The third-order valence-electron chi connectivity index (χ3n) is 2.03. The van der Waals surface area contributed by atoms with Crippen molar-refractivity contribution in [1.82, 2.24) is 5.32 Å². The molecule has 1 aromatic carbocycles. The van der Waals surface area contributed by atoms with E-state index in [0.29, 0.717) is 0 Å². The SMILES string of the molecule is COC(=O)CNC(=O)c1cccc(Cl)c1[N+](=O)[O-]. The number of nitrogens with zero attached hydrogens (tertiary/aromatic N) is 1. The number of methoxy groups -OCH3 is 1. The monoisotopic (exact) mass is 272 g/mol. The topological polar surface area (TPSA) is 98.5 Å². The number of carbonyl (C=O) groups excluding carboxylic acids is 2. The number of hydrogen-bond donors (Lipinski definition) is 1. The largest absolute Gasteiger partial charge is 0.468 e. The number of nitro groups is 1. The highest BCUT2D eigenvalue weighted by Crippen LogP contribution is 2.27. The molecule has 96 valence electrons. The summed E-state index contributed by atoms with van der Waals surface area (Å²) in [7, 11) is 1.16. The molecule has 0 bridgehead atoms. The van der Waals surface area contributed by atoms with Gasteiger partial charge in [-0.1, -0.05) is 17.7 Å². The molecule has 1 rings (SSSR count). The number of nitro benzene ring substituents is 1. The summed E-state index contributed by atoms with van der Waals surface area (Å²) in [5, 5.41) is 12.8. The van der Waals surface area contributed by atoms with Crippen molar-refractivity contribution in [2.45, 2.75) is 0 Å². The summed E-state index contributed by atoms with van der Waals surface area (Å²) in [5.41, 5.74) is -0.710. The van der Waals surface area contributed by atoms with Crippen molar-refractivity contribution in [2.24, 2.45) is 0 Å². The summed E-state index contributed by atoms with van der Waals surface area (Å²) < 4.78 is 4.32. The third-order valence-corrected chi connectivity index (χ3v) is 2.34. The maximum atomic E-state index is 11.7. The van der Waals surface area contributed by atoms with Crippen LogP contribution in [-0.2, 0) is 9.53 Å². The van der Waals surface area contributed by atoms with Gasteiger partial charge in [0.2, 0.25) is 0 Å². The Hall–Kier alpha value is -2.15. The fourth-order valence-corrected chi connectivity index (χ4v) is 1.45. The Balaban J connectivity index is 2.96. The summed E-state index contributed by atoms with van der Waals surface area (Å²) >= 11 is 5.65. The standard InChI is InChI=1S/C10H9ClN2O5/c1-18-8(14)5-12-10(15)6-3-2-4-7(11)9(6)13(16)17/h2-4H,5H2,1H3,(H,12,15). The van der Waals surface area contributed by atoms with Gasteiger partial charge in [0.1, 0.15) is 17.1 Å². The minimum Gasteiger partial charge on any atom is -0.468 e. The van der Waals surface area contributed by atoms with Crippen LogP contribution in [0.25, 0.3) is 0 Å². The van der Waals surface area contributed by atoms with Gasteiger partial charge in [-0.25, -0.2) is 0 Å². The number of amides is 1. The predicted octanol–water partition coefficient (Wildman–Crippen LogP) is 1.15. The third kappa shape index (κ3) is 3.17. The molecule has 0 heterocycles. The molecule has 1 N–H and O–H groups in total. The number of nitrogens with one attached hydrogen (secondary N) is 1. The molecule has 0 aliphatic carbocycles. The van der Waals surface area contributed by atoms with Crippen molar-refractivity contribution in [2.75, 3.05) is 13.7 Å². The van der Waals surface area contributed by atoms with Crippen LogP contribution in [-0.4, -0.2) is 30.5 Å². The molecule has 0 saturated heterocycles. The van der Waals surface area contributed by atoms with Gasteiger partial charge in [0.15, 0.2) is 0 Å². The summed E-state index contributed by atoms with van der Waals surface area (Å²) in [5.74, 6) is -1.43. The molecule has 0 fully saturated rings. The maximum absolute atomic E-state index is 11.7. The van der Waals surface area contributed by atoms with E-state index >= 15 is 0 Å². The first kappa shape index (κ1) is 13.9. The van der Waals surface area contributed by atoms with Gasteiger partial charge in [-0.2, -0.15) is 0 Å². The molecule has 0 spiro atoms. The Bertz CT molecular complexity index is 503. The molecule has 0 saturated carbocycles. The fourth-order valence-electron chi connectivity index (χ4n) is 1.20. The van der Waals surface area contributed by atoms with Crippen LogP contribution in [0.4, 0.5) is 5.69 Å². The lowest BCUT2D eigenvalue weighted by Crippen LogP contribution is -2.30. The second kappa shape index (κ2) is 5.97. The summed E-state index contributed by atoms with van der Waals surface area (Å²) in [6.45, 7) is -0.376. The molecule has 18 heavy (non-hydrogen) atoms. The van der Waals surface area contributed by atoms with E-state index < -0.39 is 22.5 Å². The maximum Gasteiger partial charge on any atom is 0.325 e. The zero-order valence-corrected chi connectivity index (χ0v) is 10.1. The molecule has 1 aromatic rings. The van der Waals surface area contributed by atoms with Gasteiger partial charge in [0.05, 0.1) is 12.0 Å². The normalized spacial score (nSPS) is 9.67. The lowest BCUT2D eigenvalue weighted by Gasteiger charge is -2.05. The molecule has 0 unspecified atom stereocenters. The smallest absolute Gasteiger partial charge is 0.325 e. The Morgan fingerprint density at radius 3 is 2.72 bits per heavy atom. The minimum atomic E-state index is -0.769. The Morgan fingerprint density at radius 1 is 1.50 bits per heavy atom. The van der Waals surface area contributed by atoms with E-state index in [0.717, 1.165) is 7.11 Å². The van der Waals surface area contributed by atoms with Crippen LogP contribution in [0.1, 0.15) is 10.4 Å². The fraction of sp³-hybridized carbons (Fsp3) is 0.200. The molecule has 7 nitrogen and oxygen atoms in total. The minimum absolute atomic E-state index is 0.147. The first-order chi connectivity index (χ1) is 8.47. The molecule has 0 aliphatic rings. The van der Waals surface area contributed by atoms with Crippen LogP contribution in [0, 0.1) is 10.1 Å². The van der Waals surface area contributed by atoms with Crippen molar-refractivity contribution in [1.29, 1.82) is 0 Å². The molecular formula is C10H9ClN2O5. The van der Waals surface area contributed by atoms with Crippen LogP contribution >= 0.6 is 11.6 Å². The highest BCUT2D eigenvalue weighted by atomic mass is 35.5. The van der Waals surface area contributed by atoms with Gasteiger partial charge in [-0.3, -0.25) is 19.7 Å². The van der Waals surface area contributed by atoms with Gasteiger partial charge < -0.3 is 10.1 Å². The summed E-state index contributed by atoms with van der Waals surface area (Å²) in [6, 6.07) is 3.95. The van der Waals surface area contributed by atoms with E-state index in [9.17, 15) is 19.7 Å². The Morgan fingerprint density at radius 2 is 2.17 bits per heavy atom. The second-order valence-corrected chi connectivity index (χ2v) is 3.56. The lowest BCUT2D eigenvalue weighted by molar-refractivity contribution is -0.385. The zero-order chi connectivity index (χ0) is 13.7. The number of hydrogen-bond acceptors (Lipinski definition) is 5. The first-order valence-corrected chi connectivity index (χ1v) is 5.13. The van der Waals surface area contributed by atoms with Crippen LogP contribution < -0.4 is 5.32 Å². The van der Waals surface area contributed by atoms with Crippen molar-refractivity contribution < 1.29 is 19.2 Å². The number of ether oxygens (including phenoxy) is 1. The van der Waals surface area contributed by atoms with E-state index in [2.05, 4.69) is 10.1 Å². The van der Waals surface area contributed by atoms with Gasteiger partial charge in [0, 0.05) is 0 Å². The average Bonchev–Trinajstić information content (AvgIpc) is 2.34. The van der Waals surface area contributed by atoms with Gasteiger partial charge in [0.25, 0.3) is 5.91 Å². The lowest BCUT2D eigenvalue weighted by atomic mass is 10.1. The highest BCUT2D eigenvalue weighted by Gasteiger charge is 2.23. The van der Waals surface area contributed by atoms with Crippen molar-refractivity contribution in [3.8, 4) is 0 Å². The molecule has 0 aliphatic heterocycles. The molecule has 1 amide bonds. The quantitative estimate of drug-likeness (QED) is 0.503. The molecule has 0 aromatic heterocycles. The van der Waals surface area contributed by atoms with Crippen LogP contribution in [0.3, 0.4) is 0 Å². The molecule has 8 heteroatoms.